The summed E-state index contributed by atoms with van der Waals surface area (Å²) < 4.78 is 34.6. The first-order valence-electron chi connectivity index (χ1n) is 6.25. The second-order valence-electron chi connectivity index (χ2n) is 3.80. The second kappa shape index (κ2) is 7.55. The highest BCUT2D eigenvalue weighted by Gasteiger charge is 2.55. The van der Waals surface area contributed by atoms with Crippen LogP contribution >= 0.6 is 19.2 Å². The van der Waals surface area contributed by atoms with E-state index in [1.54, 1.807) is 38.1 Å². The molecule has 0 N–H and O–H groups in total. The monoisotopic (exact) mass is 322 g/mol. The summed E-state index contributed by atoms with van der Waals surface area (Å²) in [4.78, 5) is 0. The highest BCUT2D eigenvalue weighted by molar-refractivity contribution is 7.54. The lowest BCUT2D eigenvalue weighted by molar-refractivity contribution is -0.166. The van der Waals surface area contributed by atoms with Crippen molar-refractivity contribution in [2.45, 2.75) is 19.4 Å². The van der Waals surface area contributed by atoms with Gasteiger partial charge in [-0.25, -0.2) is 0 Å². The van der Waals surface area contributed by atoms with Crippen molar-refractivity contribution in [2.24, 2.45) is 0 Å². The van der Waals surface area contributed by atoms with Crippen LogP contribution in [0.25, 0.3) is 0 Å². The van der Waals surface area contributed by atoms with Crippen molar-refractivity contribution in [1.82, 2.24) is 0 Å². The van der Waals surface area contributed by atoms with Gasteiger partial charge in [0.15, 0.2) is 0 Å². The molecule has 0 atom stereocenters. The highest BCUT2D eigenvalue weighted by atomic mass is 35.5. The Kier molecular flexibility index (Phi) is 6.65. The van der Waals surface area contributed by atoms with Gasteiger partial charge in [0, 0.05) is 24.8 Å². The Balaban J connectivity index is 3.47. The molecule has 0 fully saturated rings. The molecule has 20 heavy (non-hydrogen) atoms. The molecule has 5 nitrogen and oxygen atoms in total. The van der Waals surface area contributed by atoms with Crippen molar-refractivity contribution in [3.8, 4) is 0 Å². The Hall–Kier alpha value is -0.420. The molecule has 7 heteroatoms. The minimum absolute atomic E-state index is 0.191. The van der Waals surface area contributed by atoms with Crippen LogP contribution in [0.5, 0.6) is 0 Å². The highest BCUT2D eigenvalue weighted by Crippen LogP contribution is 2.66. The summed E-state index contributed by atoms with van der Waals surface area (Å²) in [6.07, 6.45) is 0. The maximum atomic E-state index is 13.1. The Bertz CT molecular complexity index is 466. The zero-order valence-electron chi connectivity index (χ0n) is 12.1. The van der Waals surface area contributed by atoms with Crippen molar-refractivity contribution >= 4 is 19.2 Å². The third-order valence-corrected chi connectivity index (χ3v) is 5.58. The molecule has 114 valence electrons. The van der Waals surface area contributed by atoms with Gasteiger partial charge in [0.25, 0.3) is 0 Å². The molecular formula is C13H20ClO5P. The van der Waals surface area contributed by atoms with Crippen molar-refractivity contribution in [3.05, 3.63) is 34.9 Å². The van der Waals surface area contributed by atoms with Gasteiger partial charge in [-0.3, -0.25) is 4.57 Å². The molecule has 1 rings (SSSR count). The van der Waals surface area contributed by atoms with Crippen molar-refractivity contribution in [3.63, 3.8) is 0 Å². The van der Waals surface area contributed by atoms with Crippen LogP contribution in [0.4, 0.5) is 0 Å². The molecule has 0 aromatic heterocycles. The Morgan fingerprint density at radius 2 is 1.60 bits per heavy atom. The van der Waals surface area contributed by atoms with Crippen LogP contribution in [0.3, 0.4) is 0 Å². The first-order valence-corrected chi connectivity index (χ1v) is 8.17. The number of benzene rings is 1. The average Bonchev–Trinajstić information content (AvgIpc) is 2.43. The predicted molar refractivity (Wildman–Crippen MR) is 78.0 cm³/mol. The van der Waals surface area contributed by atoms with E-state index in [2.05, 4.69) is 0 Å². The third kappa shape index (κ3) is 3.08. The average molecular weight is 323 g/mol. The minimum Gasteiger partial charge on any atom is -0.340 e. The second-order valence-corrected chi connectivity index (χ2v) is 6.31. The van der Waals surface area contributed by atoms with E-state index < -0.39 is 13.1 Å². The number of ether oxygens (including phenoxy) is 2. The van der Waals surface area contributed by atoms with E-state index >= 15 is 0 Å². The Morgan fingerprint density at radius 3 is 2.00 bits per heavy atom. The van der Waals surface area contributed by atoms with E-state index in [0.717, 1.165) is 0 Å². The van der Waals surface area contributed by atoms with Gasteiger partial charge < -0.3 is 18.5 Å². The van der Waals surface area contributed by atoms with Crippen LogP contribution in [0.2, 0.25) is 5.02 Å². The summed E-state index contributed by atoms with van der Waals surface area (Å²) in [6, 6.07) is 6.83. The van der Waals surface area contributed by atoms with E-state index in [9.17, 15) is 4.57 Å². The van der Waals surface area contributed by atoms with Gasteiger partial charge in [-0.1, -0.05) is 29.8 Å². The Morgan fingerprint density at radius 1 is 1.10 bits per heavy atom. The fourth-order valence-corrected chi connectivity index (χ4v) is 4.30. The summed E-state index contributed by atoms with van der Waals surface area (Å²) >= 11 is 6.18. The number of hydrogen-bond acceptors (Lipinski definition) is 5. The van der Waals surface area contributed by atoms with Crippen molar-refractivity contribution < 1.29 is 23.1 Å². The van der Waals surface area contributed by atoms with Crippen LogP contribution in [-0.2, 0) is 28.6 Å². The Labute approximate surface area is 124 Å². The largest absolute Gasteiger partial charge is 0.394 e. The first kappa shape index (κ1) is 17.6. The lowest BCUT2D eigenvalue weighted by Gasteiger charge is -2.36. The minimum atomic E-state index is -3.74. The summed E-state index contributed by atoms with van der Waals surface area (Å²) in [5.41, 5.74) is -1.30. The van der Waals surface area contributed by atoms with Gasteiger partial charge >= 0.3 is 13.1 Å². The summed E-state index contributed by atoms with van der Waals surface area (Å²) in [5, 5.41) is 0.357. The number of rotatable bonds is 8. The number of hydrogen-bond donors (Lipinski definition) is 0. The molecule has 0 aliphatic rings. The topological polar surface area (TPSA) is 54.0 Å². The first-order chi connectivity index (χ1) is 9.51. The van der Waals surface area contributed by atoms with Crippen molar-refractivity contribution in [2.75, 3.05) is 27.4 Å². The standard InChI is InChI=1S/C13H20ClO5P/c1-5-18-20(15,19-6-2)13(16-3,17-4)11-9-7-8-10-12(11)14/h7-10H,5-6H2,1-4H3. The van der Waals surface area contributed by atoms with Gasteiger partial charge in [0.1, 0.15) is 0 Å². The molecule has 0 saturated heterocycles. The maximum absolute atomic E-state index is 13.1. The molecule has 0 saturated carbocycles. The molecular weight excluding hydrogens is 303 g/mol. The molecule has 1 aromatic carbocycles. The summed E-state index contributed by atoms with van der Waals surface area (Å²) in [7, 11) is -0.993. The van der Waals surface area contributed by atoms with Crippen LogP contribution in [0, 0.1) is 0 Å². The smallest absolute Gasteiger partial charge is 0.340 e. The molecule has 0 unspecified atom stereocenters. The fourth-order valence-electron chi connectivity index (χ4n) is 1.94. The van der Waals surface area contributed by atoms with Crippen LogP contribution in [0.1, 0.15) is 19.4 Å². The summed E-state index contributed by atoms with van der Waals surface area (Å²) in [5.74, 6) is 0. The van der Waals surface area contributed by atoms with Gasteiger partial charge in [-0.05, 0) is 19.9 Å². The SMILES string of the molecule is CCOP(=O)(OCC)C(OC)(OC)c1ccccc1Cl. The number of halogens is 1. The third-order valence-electron chi connectivity index (χ3n) is 2.73. The molecule has 1 aromatic rings. The molecule has 0 bridgehead atoms. The fraction of sp³-hybridized carbons (Fsp3) is 0.538. The normalized spacial score (nSPS) is 12.7. The molecule has 0 spiro atoms. The zero-order valence-corrected chi connectivity index (χ0v) is 13.7. The summed E-state index contributed by atoms with van der Waals surface area (Å²) in [6.45, 7) is 3.81. The van der Waals surface area contributed by atoms with E-state index in [1.807, 2.05) is 0 Å². The van der Waals surface area contributed by atoms with E-state index in [-0.39, 0.29) is 13.2 Å². The van der Waals surface area contributed by atoms with Crippen LogP contribution in [0.15, 0.2) is 24.3 Å². The molecule has 0 aliphatic heterocycles. The van der Waals surface area contributed by atoms with E-state index in [0.29, 0.717) is 10.6 Å². The zero-order chi connectivity index (χ0) is 15.2. The van der Waals surface area contributed by atoms with E-state index in [1.165, 1.54) is 14.2 Å². The van der Waals surface area contributed by atoms with Gasteiger partial charge in [0.2, 0.25) is 0 Å². The maximum Gasteiger partial charge on any atom is 0.394 e. The van der Waals surface area contributed by atoms with Crippen molar-refractivity contribution in [1.29, 1.82) is 0 Å². The molecule has 0 aliphatic carbocycles. The van der Waals surface area contributed by atoms with Gasteiger partial charge in [-0.2, -0.15) is 0 Å². The predicted octanol–water partition coefficient (Wildman–Crippen LogP) is 4.01. The van der Waals surface area contributed by atoms with E-state index in [4.69, 9.17) is 30.1 Å². The van der Waals surface area contributed by atoms with Crippen LogP contribution in [-0.4, -0.2) is 27.4 Å². The molecule has 0 amide bonds. The molecule has 0 radical (unpaired) electrons. The van der Waals surface area contributed by atoms with Gasteiger partial charge in [0.05, 0.1) is 13.2 Å². The van der Waals surface area contributed by atoms with Gasteiger partial charge in [-0.15, -0.1) is 0 Å². The molecule has 0 heterocycles. The lowest BCUT2D eigenvalue weighted by atomic mass is 10.2. The number of methoxy groups -OCH3 is 2. The lowest BCUT2D eigenvalue weighted by Crippen LogP contribution is -2.33. The van der Waals surface area contributed by atoms with Crippen LogP contribution < -0.4 is 0 Å². The quantitative estimate of drug-likeness (QED) is 0.534.